The maximum atomic E-state index is 6.31. The molecule has 0 saturated carbocycles. The van der Waals surface area contributed by atoms with Crippen molar-refractivity contribution in [3.63, 3.8) is 0 Å². The van der Waals surface area contributed by atoms with Crippen LogP contribution in [0.25, 0.3) is 0 Å². The molecule has 2 unspecified atom stereocenters. The van der Waals surface area contributed by atoms with Gasteiger partial charge in [-0.2, -0.15) is 0 Å². The van der Waals surface area contributed by atoms with Crippen molar-refractivity contribution in [1.29, 1.82) is 0 Å². The molecular weight excluding hydrogens is 252 g/mol. The fourth-order valence-electron chi connectivity index (χ4n) is 2.64. The molecule has 2 N–H and O–H groups in total. The predicted molar refractivity (Wildman–Crippen MR) is 81.0 cm³/mol. The van der Waals surface area contributed by atoms with Crippen LogP contribution in [0.1, 0.15) is 31.4 Å². The lowest BCUT2D eigenvalue weighted by molar-refractivity contribution is 0.0729. The minimum Gasteiger partial charge on any atom is -0.497 e. The molecule has 2 rings (SSSR count). The standard InChI is InChI=1S/C16H26N2O2/c1-3-18(11-15-5-4-10-20-15)12-16(17)13-6-8-14(19-2)9-7-13/h6-9,15-16H,3-5,10-12,17H2,1-2H3. The van der Waals surface area contributed by atoms with Crippen molar-refractivity contribution in [3.05, 3.63) is 29.8 Å². The number of hydrogen-bond donors (Lipinski definition) is 1. The molecule has 112 valence electrons. The summed E-state index contributed by atoms with van der Waals surface area (Å²) < 4.78 is 10.9. The monoisotopic (exact) mass is 278 g/mol. The van der Waals surface area contributed by atoms with Gasteiger partial charge >= 0.3 is 0 Å². The van der Waals surface area contributed by atoms with Crippen LogP contribution in [0.4, 0.5) is 0 Å². The second kappa shape index (κ2) is 7.62. The molecule has 2 atom stereocenters. The first-order valence-electron chi connectivity index (χ1n) is 7.46. The quantitative estimate of drug-likeness (QED) is 0.830. The number of benzene rings is 1. The summed E-state index contributed by atoms with van der Waals surface area (Å²) >= 11 is 0. The minimum absolute atomic E-state index is 0.0299. The average molecular weight is 278 g/mol. The zero-order valence-corrected chi connectivity index (χ0v) is 12.5. The van der Waals surface area contributed by atoms with Crippen molar-refractivity contribution < 1.29 is 9.47 Å². The van der Waals surface area contributed by atoms with Crippen LogP contribution in [-0.4, -0.2) is 44.4 Å². The molecular formula is C16H26N2O2. The number of likely N-dealkylation sites (N-methyl/N-ethyl adjacent to an activating group) is 1. The van der Waals surface area contributed by atoms with Gasteiger partial charge in [0, 0.05) is 25.7 Å². The Balaban J connectivity index is 1.88. The molecule has 1 aromatic carbocycles. The van der Waals surface area contributed by atoms with Crippen LogP contribution in [0.2, 0.25) is 0 Å². The highest BCUT2D eigenvalue weighted by Gasteiger charge is 2.20. The summed E-state index contributed by atoms with van der Waals surface area (Å²) in [6.45, 7) is 5.94. The first-order valence-corrected chi connectivity index (χ1v) is 7.46. The number of nitrogens with zero attached hydrogens (tertiary/aromatic N) is 1. The molecule has 1 aromatic rings. The van der Waals surface area contributed by atoms with Crippen molar-refractivity contribution in [1.82, 2.24) is 4.90 Å². The van der Waals surface area contributed by atoms with Gasteiger partial charge < -0.3 is 15.2 Å². The van der Waals surface area contributed by atoms with E-state index in [-0.39, 0.29) is 6.04 Å². The molecule has 0 bridgehead atoms. The number of hydrogen-bond acceptors (Lipinski definition) is 4. The Bertz CT molecular complexity index is 388. The van der Waals surface area contributed by atoms with Gasteiger partial charge in [0.1, 0.15) is 5.75 Å². The van der Waals surface area contributed by atoms with Crippen LogP contribution >= 0.6 is 0 Å². The van der Waals surface area contributed by atoms with Gasteiger partial charge in [0.2, 0.25) is 0 Å². The van der Waals surface area contributed by atoms with Crippen molar-refractivity contribution >= 4 is 0 Å². The van der Waals surface area contributed by atoms with Crippen LogP contribution in [0, 0.1) is 0 Å². The Morgan fingerprint density at radius 3 is 2.70 bits per heavy atom. The van der Waals surface area contributed by atoms with E-state index < -0.39 is 0 Å². The third-order valence-electron chi connectivity index (χ3n) is 3.93. The van der Waals surface area contributed by atoms with Gasteiger partial charge in [0.25, 0.3) is 0 Å². The first-order chi connectivity index (χ1) is 9.72. The van der Waals surface area contributed by atoms with E-state index in [0.717, 1.165) is 37.6 Å². The molecule has 4 heteroatoms. The molecule has 0 spiro atoms. The molecule has 1 fully saturated rings. The molecule has 0 amide bonds. The third-order valence-corrected chi connectivity index (χ3v) is 3.93. The first kappa shape index (κ1) is 15.3. The summed E-state index contributed by atoms with van der Waals surface area (Å²) in [5.41, 5.74) is 7.46. The van der Waals surface area contributed by atoms with Gasteiger partial charge in [0.05, 0.1) is 13.2 Å². The Morgan fingerprint density at radius 2 is 2.15 bits per heavy atom. The maximum absolute atomic E-state index is 6.31. The van der Waals surface area contributed by atoms with Crippen molar-refractivity contribution in [2.45, 2.75) is 31.9 Å². The maximum Gasteiger partial charge on any atom is 0.118 e. The predicted octanol–water partition coefficient (Wildman–Crippen LogP) is 2.20. The summed E-state index contributed by atoms with van der Waals surface area (Å²) in [6.07, 6.45) is 2.75. The molecule has 0 radical (unpaired) electrons. The lowest BCUT2D eigenvalue weighted by atomic mass is 10.1. The Labute approximate surface area is 121 Å². The van der Waals surface area contributed by atoms with Crippen LogP contribution < -0.4 is 10.5 Å². The summed E-state index contributed by atoms with van der Waals surface area (Å²) in [5.74, 6) is 0.868. The van der Waals surface area contributed by atoms with Gasteiger partial charge in [-0.05, 0) is 37.1 Å². The smallest absolute Gasteiger partial charge is 0.118 e. The lowest BCUT2D eigenvalue weighted by Crippen LogP contribution is -2.37. The third kappa shape index (κ3) is 4.20. The molecule has 1 saturated heterocycles. The van der Waals surface area contributed by atoms with Crippen molar-refractivity contribution in [3.8, 4) is 5.75 Å². The molecule has 1 aliphatic rings. The summed E-state index contributed by atoms with van der Waals surface area (Å²) in [4.78, 5) is 2.38. The fraction of sp³-hybridized carbons (Fsp3) is 0.625. The molecule has 20 heavy (non-hydrogen) atoms. The van der Waals surface area contributed by atoms with Gasteiger partial charge in [-0.25, -0.2) is 0 Å². The minimum atomic E-state index is 0.0299. The van der Waals surface area contributed by atoms with Gasteiger partial charge in [-0.1, -0.05) is 19.1 Å². The molecule has 0 aromatic heterocycles. The topological polar surface area (TPSA) is 47.7 Å². The van der Waals surface area contributed by atoms with Gasteiger partial charge in [-0.15, -0.1) is 0 Å². The second-order valence-electron chi connectivity index (χ2n) is 5.37. The van der Waals surface area contributed by atoms with Gasteiger partial charge in [0.15, 0.2) is 0 Å². The highest BCUT2D eigenvalue weighted by atomic mass is 16.5. The van der Waals surface area contributed by atoms with Gasteiger partial charge in [-0.3, -0.25) is 4.90 Å². The van der Waals surface area contributed by atoms with E-state index in [1.807, 2.05) is 24.3 Å². The number of nitrogens with two attached hydrogens (primary N) is 1. The highest BCUT2D eigenvalue weighted by Crippen LogP contribution is 2.18. The summed E-state index contributed by atoms with van der Waals surface area (Å²) in [7, 11) is 1.68. The molecule has 0 aliphatic carbocycles. The van der Waals surface area contributed by atoms with E-state index in [4.69, 9.17) is 15.2 Å². The lowest BCUT2D eigenvalue weighted by Gasteiger charge is -2.26. The second-order valence-corrected chi connectivity index (χ2v) is 5.37. The van der Waals surface area contributed by atoms with E-state index in [1.54, 1.807) is 7.11 Å². The zero-order chi connectivity index (χ0) is 14.4. The zero-order valence-electron chi connectivity index (χ0n) is 12.5. The Hall–Kier alpha value is -1.10. The normalized spacial score (nSPS) is 20.3. The molecule has 4 nitrogen and oxygen atoms in total. The van der Waals surface area contributed by atoms with E-state index in [2.05, 4.69) is 11.8 Å². The highest BCUT2D eigenvalue weighted by molar-refractivity contribution is 5.29. The SMILES string of the molecule is CCN(CC1CCCO1)CC(N)c1ccc(OC)cc1. The number of ether oxygens (including phenoxy) is 2. The summed E-state index contributed by atoms with van der Waals surface area (Å²) in [5, 5.41) is 0. The van der Waals surface area contributed by atoms with E-state index in [0.29, 0.717) is 6.10 Å². The molecule has 1 heterocycles. The van der Waals surface area contributed by atoms with Crippen molar-refractivity contribution in [2.75, 3.05) is 33.4 Å². The van der Waals surface area contributed by atoms with E-state index in [1.165, 1.54) is 12.8 Å². The van der Waals surface area contributed by atoms with Crippen LogP contribution in [0.3, 0.4) is 0 Å². The molecule has 1 aliphatic heterocycles. The van der Waals surface area contributed by atoms with Crippen LogP contribution in [0.15, 0.2) is 24.3 Å². The van der Waals surface area contributed by atoms with Crippen LogP contribution in [0.5, 0.6) is 5.75 Å². The number of methoxy groups -OCH3 is 1. The van der Waals surface area contributed by atoms with E-state index >= 15 is 0 Å². The van der Waals surface area contributed by atoms with Crippen molar-refractivity contribution in [2.24, 2.45) is 5.73 Å². The summed E-state index contributed by atoms with van der Waals surface area (Å²) in [6, 6.07) is 8.05. The van der Waals surface area contributed by atoms with Crippen LogP contribution in [-0.2, 0) is 4.74 Å². The average Bonchev–Trinajstić information content (AvgIpc) is 2.99. The van der Waals surface area contributed by atoms with E-state index in [9.17, 15) is 0 Å². The number of rotatable bonds is 7. The fourth-order valence-corrected chi connectivity index (χ4v) is 2.64. The Morgan fingerprint density at radius 1 is 1.40 bits per heavy atom. The Kier molecular flexibility index (Phi) is 5.83. The largest absolute Gasteiger partial charge is 0.497 e.